The number of carbonyl (C=O) groups excluding carboxylic acids is 1. The Morgan fingerprint density at radius 1 is 1.04 bits per heavy atom. The van der Waals surface area contributed by atoms with E-state index >= 15 is 0 Å². The van der Waals surface area contributed by atoms with Gasteiger partial charge in [0.25, 0.3) is 0 Å². The third-order valence-corrected chi connectivity index (χ3v) is 3.83. The van der Waals surface area contributed by atoms with Crippen LogP contribution in [-0.2, 0) is 0 Å². The Hall–Kier alpha value is -3.21. The molecule has 0 fully saturated rings. The van der Waals surface area contributed by atoms with Gasteiger partial charge in [0.05, 0.1) is 19.8 Å². The van der Waals surface area contributed by atoms with E-state index in [2.05, 4.69) is 0 Å². The fourth-order valence-electron chi connectivity index (χ4n) is 2.33. The molecule has 2 aromatic carbocycles. The highest BCUT2D eigenvalue weighted by atomic mass is 16.5. The van der Waals surface area contributed by atoms with Crippen LogP contribution in [0.3, 0.4) is 0 Å². The van der Waals surface area contributed by atoms with Crippen LogP contribution < -0.4 is 14.2 Å². The lowest BCUT2D eigenvalue weighted by Crippen LogP contribution is -1.98. The number of carbonyl (C=O) groups is 1. The summed E-state index contributed by atoms with van der Waals surface area (Å²) in [7, 11) is 3.12. The second-order valence-corrected chi connectivity index (χ2v) is 6.08. The van der Waals surface area contributed by atoms with Crippen molar-refractivity contribution in [2.75, 3.05) is 20.8 Å². The highest BCUT2D eigenvalue weighted by molar-refractivity contribution is 6.08. The minimum Gasteiger partial charge on any atom is -0.507 e. The van der Waals surface area contributed by atoms with Gasteiger partial charge in [0.15, 0.2) is 5.78 Å². The lowest BCUT2D eigenvalue weighted by atomic mass is 10.1. The molecule has 2 aromatic rings. The normalized spacial score (nSPS) is 10.5. The molecule has 0 radical (unpaired) electrons. The molecule has 27 heavy (non-hydrogen) atoms. The van der Waals surface area contributed by atoms with Crippen molar-refractivity contribution in [3.05, 3.63) is 65.3 Å². The lowest BCUT2D eigenvalue weighted by molar-refractivity contribution is 0.104. The van der Waals surface area contributed by atoms with E-state index in [-0.39, 0.29) is 17.1 Å². The fourth-order valence-corrected chi connectivity index (χ4v) is 2.33. The Morgan fingerprint density at radius 3 is 2.41 bits per heavy atom. The fraction of sp³-hybridized carbons (Fsp3) is 0.227. The van der Waals surface area contributed by atoms with Crippen LogP contribution in [0.15, 0.2) is 54.1 Å². The van der Waals surface area contributed by atoms with E-state index in [1.54, 1.807) is 50.6 Å². The summed E-state index contributed by atoms with van der Waals surface area (Å²) >= 11 is 0. The zero-order valence-corrected chi connectivity index (χ0v) is 16.0. The maximum atomic E-state index is 12.4. The predicted octanol–water partition coefficient (Wildman–Crippen LogP) is 4.65. The number of aromatic hydroxyl groups is 1. The van der Waals surface area contributed by atoms with E-state index in [9.17, 15) is 9.90 Å². The van der Waals surface area contributed by atoms with Crippen molar-refractivity contribution in [2.24, 2.45) is 0 Å². The molecule has 142 valence electrons. The molecule has 0 spiro atoms. The maximum absolute atomic E-state index is 12.4. The van der Waals surface area contributed by atoms with Crippen molar-refractivity contribution < 1.29 is 24.1 Å². The highest BCUT2D eigenvalue weighted by Crippen LogP contribution is 2.27. The predicted molar refractivity (Wildman–Crippen MR) is 106 cm³/mol. The zero-order valence-electron chi connectivity index (χ0n) is 16.0. The van der Waals surface area contributed by atoms with Crippen LogP contribution in [0.4, 0.5) is 0 Å². The van der Waals surface area contributed by atoms with Gasteiger partial charge in [0.1, 0.15) is 29.6 Å². The van der Waals surface area contributed by atoms with E-state index in [0.29, 0.717) is 23.9 Å². The molecule has 0 bridgehead atoms. The molecular weight excluding hydrogens is 344 g/mol. The summed E-state index contributed by atoms with van der Waals surface area (Å²) in [6.07, 6.45) is 4.96. The number of phenols is 1. The van der Waals surface area contributed by atoms with Crippen LogP contribution >= 0.6 is 0 Å². The molecule has 5 heteroatoms. The largest absolute Gasteiger partial charge is 0.507 e. The van der Waals surface area contributed by atoms with Crippen LogP contribution in [0.1, 0.15) is 29.8 Å². The van der Waals surface area contributed by atoms with Gasteiger partial charge in [-0.05, 0) is 56.3 Å². The van der Waals surface area contributed by atoms with Crippen LogP contribution in [0.25, 0.3) is 6.08 Å². The monoisotopic (exact) mass is 368 g/mol. The van der Waals surface area contributed by atoms with Gasteiger partial charge < -0.3 is 19.3 Å². The average molecular weight is 368 g/mol. The summed E-state index contributed by atoms with van der Waals surface area (Å²) in [5.74, 6) is 1.31. The molecule has 0 amide bonds. The summed E-state index contributed by atoms with van der Waals surface area (Å²) < 4.78 is 16.0. The number of allylic oxidation sites excluding steroid dienone is 2. The second-order valence-electron chi connectivity index (χ2n) is 6.08. The van der Waals surface area contributed by atoms with E-state index in [1.807, 2.05) is 19.9 Å². The first-order valence-corrected chi connectivity index (χ1v) is 8.48. The smallest absolute Gasteiger partial charge is 0.189 e. The summed E-state index contributed by atoms with van der Waals surface area (Å²) in [6.45, 7) is 4.37. The average Bonchev–Trinajstić information content (AvgIpc) is 2.65. The number of ether oxygens (including phenoxy) is 3. The van der Waals surface area contributed by atoms with E-state index < -0.39 is 0 Å². The van der Waals surface area contributed by atoms with Crippen molar-refractivity contribution >= 4 is 11.9 Å². The SMILES string of the molecule is COc1ccc(/C=C/C(=O)c2ccc(OCC=C(C)C)cc2O)c(OC)c1. The van der Waals surface area contributed by atoms with Gasteiger partial charge in [-0.3, -0.25) is 4.79 Å². The van der Waals surface area contributed by atoms with Crippen LogP contribution in [0.2, 0.25) is 0 Å². The number of rotatable bonds is 8. The summed E-state index contributed by atoms with van der Waals surface area (Å²) in [6, 6.07) is 9.96. The first-order valence-electron chi connectivity index (χ1n) is 8.48. The van der Waals surface area contributed by atoms with E-state index in [1.165, 1.54) is 12.1 Å². The molecule has 0 aliphatic heterocycles. The van der Waals surface area contributed by atoms with Gasteiger partial charge in [-0.1, -0.05) is 5.57 Å². The lowest BCUT2D eigenvalue weighted by Gasteiger charge is -2.08. The van der Waals surface area contributed by atoms with Crippen molar-refractivity contribution in [2.45, 2.75) is 13.8 Å². The van der Waals surface area contributed by atoms with Gasteiger partial charge in [0, 0.05) is 17.7 Å². The van der Waals surface area contributed by atoms with E-state index in [0.717, 1.165) is 11.1 Å². The molecule has 0 aliphatic rings. The molecule has 1 N–H and O–H groups in total. The molecule has 2 rings (SSSR count). The molecule has 0 unspecified atom stereocenters. The minimum absolute atomic E-state index is 0.124. The third kappa shape index (κ3) is 5.64. The number of hydrogen-bond donors (Lipinski definition) is 1. The topological polar surface area (TPSA) is 65.0 Å². The maximum Gasteiger partial charge on any atom is 0.189 e. The van der Waals surface area contributed by atoms with Crippen molar-refractivity contribution in [3.63, 3.8) is 0 Å². The minimum atomic E-state index is -0.318. The third-order valence-electron chi connectivity index (χ3n) is 3.83. The van der Waals surface area contributed by atoms with Gasteiger partial charge in [-0.2, -0.15) is 0 Å². The first kappa shape index (κ1) is 20.1. The van der Waals surface area contributed by atoms with Crippen molar-refractivity contribution in [3.8, 4) is 23.0 Å². The quantitative estimate of drug-likeness (QED) is 0.417. The molecule has 0 aliphatic carbocycles. The van der Waals surface area contributed by atoms with E-state index in [4.69, 9.17) is 14.2 Å². The Balaban J connectivity index is 2.14. The molecule has 0 aromatic heterocycles. The summed E-state index contributed by atoms with van der Waals surface area (Å²) in [5, 5.41) is 10.1. The van der Waals surface area contributed by atoms with Crippen LogP contribution in [0.5, 0.6) is 23.0 Å². The summed E-state index contributed by atoms with van der Waals surface area (Å²) in [5.41, 5.74) is 2.08. The molecule has 0 heterocycles. The Morgan fingerprint density at radius 2 is 1.78 bits per heavy atom. The Kier molecular flexibility index (Phi) is 7.06. The van der Waals surface area contributed by atoms with Crippen LogP contribution in [0, 0.1) is 0 Å². The standard InChI is InChI=1S/C22H24O5/c1-15(2)11-12-27-18-8-9-19(21(24)13-18)20(23)10-6-16-5-7-17(25-3)14-22(16)26-4/h5-11,13-14,24H,12H2,1-4H3/b10-6+. The zero-order chi connectivity index (χ0) is 19.8. The molecular formula is C22H24O5. The molecule has 0 saturated carbocycles. The van der Waals surface area contributed by atoms with Gasteiger partial charge >= 0.3 is 0 Å². The van der Waals surface area contributed by atoms with Crippen molar-refractivity contribution in [1.29, 1.82) is 0 Å². The highest BCUT2D eigenvalue weighted by Gasteiger charge is 2.10. The second kappa shape index (κ2) is 9.48. The Labute approximate surface area is 159 Å². The molecule has 0 atom stereocenters. The molecule has 0 saturated heterocycles. The number of benzene rings is 2. The number of phenolic OH excluding ortho intramolecular Hbond substituents is 1. The van der Waals surface area contributed by atoms with Gasteiger partial charge in [0.2, 0.25) is 0 Å². The summed E-state index contributed by atoms with van der Waals surface area (Å²) in [4.78, 5) is 12.4. The number of methoxy groups -OCH3 is 2. The molecule has 5 nitrogen and oxygen atoms in total. The number of ketones is 1. The van der Waals surface area contributed by atoms with Crippen molar-refractivity contribution in [1.82, 2.24) is 0 Å². The number of hydrogen-bond acceptors (Lipinski definition) is 5. The van der Waals surface area contributed by atoms with Gasteiger partial charge in [-0.25, -0.2) is 0 Å². The van der Waals surface area contributed by atoms with Crippen LogP contribution in [-0.4, -0.2) is 31.7 Å². The first-order chi connectivity index (χ1) is 12.9. The Bertz CT molecular complexity index is 861. The van der Waals surface area contributed by atoms with Gasteiger partial charge in [-0.15, -0.1) is 0 Å².